The van der Waals surface area contributed by atoms with Crippen LogP contribution in [0.1, 0.15) is 60.8 Å². The zero-order valence-electron chi connectivity index (χ0n) is 14.8. The third-order valence-electron chi connectivity index (χ3n) is 4.71. The molecule has 128 valence electrons. The van der Waals surface area contributed by atoms with Crippen LogP contribution in [0, 0.1) is 11.8 Å². The number of amides is 1. The number of carbonyl (C=O) groups excluding carboxylic acids is 1. The number of carbonyl (C=O) groups is 2. The van der Waals surface area contributed by atoms with Crippen LogP contribution in [0.15, 0.2) is 0 Å². The van der Waals surface area contributed by atoms with Gasteiger partial charge in [-0.25, -0.2) is 4.79 Å². The van der Waals surface area contributed by atoms with Crippen LogP contribution in [0.3, 0.4) is 0 Å². The summed E-state index contributed by atoms with van der Waals surface area (Å²) in [5.41, 5.74) is 0. The van der Waals surface area contributed by atoms with Crippen LogP contribution in [0.4, 0.5) is 0 Å². The summed E-state index contributed by atoms with van der Waals surface area (Å²) >= 11 is 0. The van der Waals surface area contributed by atoms with E-state index in [1.807, 2.05) is 27.7 Å². The quantitative estimate of drug-likeness (QED) is 0.790. The number of carboxylic acids is 1. The minimum absolute atomic E-state index is 0.134. The van der Waals surface area contributed by atoms with Gasteiger partial charge >= 0.3 is 5.97 Å². The lowest BCUT2D eigenvalue weighted by Gasteiger charge is -2.45. The third-order valence-corrected chi connectivity index (χ3v) is 4.71. The van der Waals surface area contributed by atoms with Gasteiger partial charge < -0.3 is 10.4 Å². The number of rotatable bonds is 6. The van der Waals surface area contributed by atoms with Crippen molar-refractivity contribution in [2.75, 3.05) is 0 Å². The Morgan fingerprint density at radius 2 is 1.55 bits per heavy atom. The second-order valence-electron chi connectivity index (χ2n) is 7.33. The molecule has 0 aromatic rings. The molecule has 4 atom stereocenters. The van der Waals surface area contributed by atoms with Crippen molar-refractivity contribution in [2.45, 2.75) is 85.0 Å². The van der Waals surface area contributed by atoms with E-state index in [-0.39, 0.29) is 23.8 Å². The fraction of sp³-hybridized carbons (Fsp3) is 0.882. The van der Waals surface area contributed by atoms with Crippen molar-refractivity contribution in [3.05, 3.63) is 0 Å². The normalized spacial score (nSPS) is 26.0. The van der Waals surface area contributed by atoms with Crippen LogP contribution in [0.5, 0.6) is 0 Å². The van der Waals surface area contributed by atoms with Gasteiger partial charge in [0.05, 0.1) is 6.04 Å². The molecule has 1 fully saturated rings. The van der Waals surface area contributed by atoms with E-state index in [0.717, 1.165) is 12.8 Å². The second kappa shape index (κ2) is 7.95. The fourth-order valence-electron chi connectivity index (χ4n) is 3.52. The van der Waals surface area contributed by atoms with Crippen molar-refractivity contribution in [1.29, 1.82) is 0 Å². The van der Waals surface area contributed by atoms with Gasteiger partial charge in [-0.1, -0.05) is 34.1 Å². The number of carboxylic acid groups (broad SMARTS) is 1. The van der Waals surface area contributed by atoms with E-state index in [2.05, 4.69) is 24.1 Å². The lowest BCUT2D eigenvalue weighted by molar-refractivity contribution is -0.145. The van der Waals surface area contributed by atoms with Gasteiger partial charge in [0.25, 0.3) is 0 Å². The Morgan fingerprint density at radius 3 is 1.91 bits per heavy atom. The first-order chi connectivity index (χ1) is 10.2. The predicted octanol–water partition coefficient (Wildman–Crippen LogP) is 2.50. The SMILES string of the molecule is CC(C)C(NC(=O)C(C(C)C)N1C(C)CCCC1C)C(=O)O. The molecule has 1 saturated heterocycles. The summed E-state index contributed by atoms with van der Waals surface area (Å²) in [4.78, 5) is 26.4. The number of hydrogen-bond donors (Lipinski definition) is 2. The minimum atomic E-state index is -0.967. The lowest BCUT2D eigenvalue weighted by atomic mass is 9.90. The highest BCUT2D eigenvalue weighted by Gasteiger charge is 2.38. The molecule has 1 aliphatic rings. The highest BCUT2D eigenvalue weighted by molar-refractivity contribution is 5.87. The molecular weight excluding hydrogens is 280 g/mol. The molecule has 0 bridgehead atoms. The van der Waals surface area contributed by atoms with Gasteiger partial charge in [-0.2, -0.15) is 0 Å². The predicted molar refractivity (Wildman–Crippen MR) is 87.6 cm³/mol. The Hall–Kier alpha value is -1.10. The summed E-state index contributed by atoms with van der Waals surface area (Å²) in [6.45, 7) is 12.0. The first-order valence-electron chi connectivity index (χ1n) is 8.47. The molecule has 1 rings (SSSR count). The largest absolute Gasteiger partial charge is 0.480 e. The van der Waals surface area contributed by atoms with Crippen molar-refractivity contribution in [3.8, 4) is 0 Å². The zero-order valence-corrected chi connectivity index (χ0v) is 14.8. The topological polar surface area (TPSA) is 69.6 Å². The standard InChI is InChI=1S/C17H32N2O3/c1-10(2)14(17(21)22)18-16(20)15(11(3)4)19-12(5)8-7-9-13(19)6/h10-15H,7-9H2,1-6H3,(H,18,20)(H,21,22). The van der Waals surface area contributed by atoms with E-state index in [1.165, 1.54) is 6.42 Å². The van der Waals surface area contributed by atoms with Crippen molar-refractivity contribution >= 4 is 11.9 Å². The molecule has 1 aliphatic heterocycles. The third kappa shape index (κ3) is 4.45. The van der Waals surface area contributed by atoms with E-state index in [4.69, 9.17) is 0 Å². The molecule has 2 N–H and O–H groups in total. The first kappa shape index (κ1) is 18.9. The van der Waals surface area contributed by atoms with Crippen LogP contribution in [0.2, 0.25) is 0 Å². The Bertz CT molecular complexity index is 385. The number of hydrogen-bond acceptors (Lipinski definition) is 3. The summed E-state index contributed by atoms with van der Waals surface area (Å²) in [6.07, 6.45) is 3.37. The average molecular weight is 312 g/mol. The van der Waals surface area contributed by atoms with E-state index >= 15 is 0 Å². The van der Waals surface area contributed by atoms with Gasteiger partial charge in [0.15, 0.2) is 0 Å². The summed E-state index contributed by atoms with van der Waals surface area (Å²) in [7, 11) is 0. The maximum Gasteiger partial charge on any atom is 0.326 e. The van der Waals surface area contributed by atoms with Gasteiger partial charge in [-0.05, 0) is 38.5 Å². The molecule has 0 aromatic carbocycles. The molecule has 0 aromatic heterocycles. The van der Waals surface area contributed by atoms with Crippen LogP contribution >= 0.6 is 0 Å². The van der Waals surface area contributed by atoms with Gasteiger partial charge in [0.1, 0.15) is 6.04 Å². The van der Waals surface area contributed by atoms with Crippen LogP contribution < -0.4 is 5.32 Å². The highest BCUT2D eigenvalue weighted by Crippen LogP contribution is 2.28. The Labute approximate surface area is 134 Å². The summed E-state index contributed by atoms with van der Waals surface area (Å²) in [6, 6.07) is -0.400. The fourth-order valence-corrected chi connectivity index (χ4v) is 3.52. The molecule has 0 saturated carbocycles. The minimum Gasteiger partial charge on any atom is -0.480 e. The number of aliphatic carboxylic acids is 1. The molecule has 4 unspecified atom stereocenters. The maximum absolute atomic E-state index is 12.8. The van der Waals surface area contributed by atoms with Crippen molar-refractivity contribution < 1.29 is 14.7 Å². The van der Waals surface area contributed by atoms with E-state index in [0.29, 0.717) is 12.1 Å². The van der Waals surface area contributed by atoms with Crippen LogP contribution in [-0.4, -0.2) is 46.1 Å². The lowest BCUT2D eigenvalue weighted by Crippen LogP contribution is -2.60. The van der Waals surface area contributed by atoms with Crippen molar-refractivity contribution in [3.63, 3.8) is 0 Å². The zero-order chi connectivity index (χ0) is 17.0. The van der Waals surface area contributed by atoms with Gasteiger partial charge in [-0.15, -0.1) is 0 Å². The molecule has 1 amide bonds. The molecular formula is C17H32N2O3. The number of likely N-dealkylation sites (tertiary alicyclic amines) is 1. The Morgan fingerprint density at radius 1 is 1.05 bits per heavy atom. The number of nitrogens with zero attached hydrogens (tertiary/aromatic N) is 1. The van der Waals surface area contributed by atoms with Crippen molar-refractivity contribution in [2.24, 2.45) is 11.8 Å². The van der Waals surface area contributed by atoms with Gasteiger partial charge in [0, 0.05) is 12.1 Å². The molecule has 0 aliphatic carbocycles. The highest BCUT2D eigenvalue weighted by atomic mass is 16.4. The smallest absolute Gasteiger partial charge is 0.326 e. The van der Waals surface area contributed by atoms with E-state index in [9.17, 15) is 14.7 Å². The Balaban J connectivity index is 2.94. The van der Waals surface area contributed by atoms with Crippen molar-refractivity contribution in [1.82, 2.24) is 10.2 Å². The van der Waals surface area contributed by atoms with Gasteiger partial charge in [0.2, 0.25) is 5.91 Å². The molecule has 5 heteroatoms. The second-order valence-corrected chi connectivity index (χ2v) is 7.33. The molecule has 0 spiro atoms. The van der Waals surface area contributed by atoms with Crippen LogP contribution in [-0.2, 0) is 9.59 Å². The molecule has 1 heterocycles. The van der Waals surface area contributed by atoms with E-state index in [1.54, 1.807) is 0 Å². The van der Waals surface area contributed by atoms with E-state index < -0.39 is 12.0 Å². The molecule has 0 radical (unpaired) electrons. The molecule has 5 nitrogen and oxygen atoms in total. The monoisotopic (exact) mass is 312 g/mol. The average Bonchev–Trinajstić information content (AvgIpc) is 2.38. The number of piperidine rings is 1. The Kier molecular flexibility index (Phi) is 6.85. The summed E-state index contributed by atoms with van der Waals surface area (Å²) in [5, 5.41) is 12.1. The van der Waals surface area contributed by atoms with Gasteiger partial charge in [-0.3, -0.25) is 9.69 Å². The maximum atomic E-state index is 12.8. The molecule has 22 heavy (non-hydrogen) atoms. The first-order valence-corrected chi connectivity index (χ1v) is 8.47. The summed E-state index contributed by atoms with van der Waals surface area (Å²) in [5.74, 6) is -1.11. The van der Waals surface area contributed by atoms with Crippen LogP contribution in [0.25, 0.3) is 0 Å². The number of nitrogens with one attached hydrogen (secondary N) is 1. The summed E-state index contributed by atoms with van der Waals surface area (Å²) < 4.78 is 0.